The minimum absolute atomic E-state index is 0.0238. The van der Waals surface area contributed by atoms with Gasteiger partial charge in [0.25, 0.3) is 5.91 Å². The lowest BCUT2D eigenvalue weighted by Gasteiger charge is -2.20. The second kappa shape index (κ2) is 9.56. The first-order valence-corrected chi connectivity index (χ1v) is 8.18. The van der Waals surface area contributed by atoms with Crippen LogP contribution in [-0.4, -0.2) is 43.5 Å². The molecule has 1 rings (SSSR count). The van der Waals surface area contributed by atoms with Gasteiger partial charge in [0.1, 0.15) is 0 Å². The maximum absolute atomic E-state index is 11.9. The van der Waals surface area contributed by atoms with E-state index in [1.165, 1.54) is 11.3 Å². The van der Waals surface area contributed by atoms with Gasteiger partial charge >= 0.3 is 0 Å². The smallest absolute Gasteiger partial charge is 0.252 e. The zero-order valence-corrected chi connectivity index (χ0v) is 13.9. The molecule has 1 amide bonds. The fourth-order valence-electron chi connectivity index (χ4n) is 1.71. The van der Waals surface area contributed by atoms with E-state index in [1.54, 1.807) is 0 Å². The number of hydrogen-bond acceptors (Lipinski definition) is 4. The summed E-state index contributed by atoms with van der Waals surface area (Å²) in [5.41, 5.74) is 6.01. The Morgan fingerprint density at radius 2 is 2.24 bits per heavy atom. The van der Waals surface area contributed by atoms with Gasteiger partial charge in [-0.2, -0.15) is 0 Å². The first-order valence-electron chi connectivity index (χ1n) is 7.30. The third-order valence-corrected chi connectivity index (χ3v) is 4.13. The van der Waals surface area contributed by atoms with E-state index in [2.05, 4.69) is 43.0 Å². The molecule has 0 atom stereocenters. The van der Waals surface area contributed by atoms with Crippen LogP contribution >= 0.6 is 11.3 Å². The lowest BCUT2D eigenvalue weighted by molar-refractivity contribution is 0.0953. The Balaban J connectivity index is 2.26. The first kappa shape index (κ1) is 17.7. The Hall–Kier alpha value is -1.35. The largest absolute Gasteiger partial charge is 0.352 e. The molecule has 0 bridgehead atoms. The highest BCUT2D eigenvalue weighted by Crippen LogP contribution is 2.13. The molecule has 3 N–H and O–H groups in total. The average Bonchev–Trinajstić information content (AvgIpc) is 2.93. The van der Waals surface area contributed by atoms with E-state index in [-0.39, 0.29) is 5.91 Å². The highest BCUT2D eigenvalue weighted by atomic mass is 32.1. The van der Waals surface area contributed by atoms with Gasteiger partial charge in [-0.25, -0.2) is 0 Å². The van der Waals surface area contributed by atoms with Gasteiger partial charge < -0.3 is 16.0 Å². The van der Waals surface area contributed by atoms with Crippen LogP contribution in [0.4, 0.5) is 0 Å². The number of hydrogen-bond donors (Lipinski definition) is 2. The van der Waals surface area contributed by atoms with Crippen molar-refractivity contribution in [2.45, 2.75) is 32.7 Å². The zero-order valence-electron chi connectivity index (χ0n) is 13.1. The lowest BCUT2D eigenvalue weighted by atomic mass is 10.2. The number of nitrogens with two attached hydrogens (primary N) is 1. The second-order valence-corrected chi connectivity index (χ2v) is 6.15. The fourth-order valence-corrected chi connectivity index (χ4v) is 2.46. The molecule has 0 spiro atoms. The van der Waals surface area contributed by atoms with E-state index < -0.39 is 0 Å². The molecule has 1 aromatic heterocycles. The molecule has 21 heavy (non-hydrogen) atoms. The van der Waals surface area contributed by atoms with Gasteiger partial charge in [-0.3, -0.25) is 4.79 Å². The average molecular weight is 307 g/mol. The van der Waals surface area contributed by atoms with Gasteiger partial charge in [-0.05, 0) is 46.3 Å². The summed E-state index contributed by atoms with van der Waals surface area (Å²) in [7, 11) is 2.12. The number of carbonyl (C=O) groups is 1. The van der Waals surface area contributed by atoms with Gasteiger partial charge in [-0.15, -0.1) is 11.3 Å². The van der Waals surface area contributed by atoms with Crippen LogP contribution in [0.3, 0.4) is 0 Å². The van der Waals surface area contributed by atoms with Gasteiger partial charge in [0.2, 0.25) is 0 Å². The first-order chi connectivity index (χ1) is 10.0. The molecule has 0 unspecified atom stereocenters. The number of carbonyl (C=O) groups excluding carboxylic acids is 1. The van der Waals surface area contributed by atoms with Crippen LogP contribution in [0.15, 0.2) is 11.4 Å². The molecule has 116 valence electrons. The van der Waals surface area contributed by atoms with Gasteiger partial charge in [-0.1, -0.05) is 11.8 Å². The van der Waals surface area contributed by atoms with Crippen molar-refractivity contribution in [3.8, 4) is 11.8 Å². The van der Waals surface area contributed by atoms with Crippen molar-refractivity contribution in [3.05, 3.63) is 21.9 Å². The molecule has 0 aliphatic rings. The highest BCUT2D eigenvalue weighted by molar-refractivity contribution is 7.10. The zero-order chi connectivity index (χ0) is 15.7. The number of unbranched alkanes of at least 4 members (excludes halogenated alkanes) is 1. The van der Waals surface area contributed by atoms with Gasteiger partial charge in [0.15, 0.2) is 0 Å². The van der Waals surface area contributed by atoms with Crippen molar-refractivity contribution < 1.29 is 4.79 Å². The summed E-state index contributed by atoms with van der Waals surface area (Å²) in [6.45, 7) is 6.48. The van der Waals surface area contributed by atoms with Crippen LogP contribution in [0.2, 0.25) is 0 Å². The Kier molecular flexibility index (Phi) is 8.06. The van der Waals surface area contributed by atoms with Crippen molar-refractivity contribution in [3.63, 3.8) is 0 Å². The molecule has 0 saturated heterocycles. The highest BCUT2D eigenvalue weighted by Gasteiger charge is 2.07. The van der Waals surface area contributed by atoms with Crippen LogP contribution < -0.4 is 11.1 Å². The van der Waals surface area contributed by atoms with Crippen LogP contribution in [-0.2, 0) is 0 Å². The molecule has 0 saturated carbocycles. The molecule has 0 aliphatic heterocycles. The molecule has 5 heteroatoms. The summed E-state index contributed by atoms with van der Waals surface area (Å²) in [6, 6.07) is 2.38. The summed E-state index contributed by atoms with van der Waals surface area (Å²) in [5.74, 6) is 5.70. The van der Waals surface area contributed by atoms with E-state index in [0.29, 0.717) is 24.7 Å². The van der Waals surface area contributed by atoms with E-state index in [4.69, 9.17) is 5.73 Å². The lowest BCUT2D eigenvalue weighted by Crippen LogP contribution is -2.28. The van der Waals surface area contributed by atoms with Crippen molar-refractivity contribution in [1.82, 2.24) is 10.2 Å². The topological polar surface area (TPSA) is 58.4 Å². The van der Waals surface area contributed by atoms with E-state index in [0.717, 1.165) is 24.3 Å². The quantitative estimate of drug-likeness (QED) is 0.597. The number of rotatable bonds is 7. The predicted molar refractivity (Wildman–Crippen MR) is 89.6 cm³/mol. The standard InChI is InChI=1S/C16H25N3OS/c1-13(2)19(3)10-5-4-9-18-16(20)14-11-15(21-12-14)7-6-8-17/h11-13H,4-5,8-10,17H2,1-3H3,(H,18,20). The minimum Gasteiger partial charge on any atom is -0.352 e. The normalized spacial score (nSPS) is 10.6. The molecular formula is C16H25N3OS. The summed E-state index contributed by atoms with van der Waals surface area (Å²) >= 11 is 1.47. The molecule has 0 aliphatic carbocycles. The van der Waals surface area contributed by atoms with Crippen LogP contribution in [0.5, 0.6) is 0 Å². The van der Waals surface area contributed by atoms with Crippen molar-refractivity contribution >= 4 is 17.2 Å². The maximum atomic E-state index is 11.9. The summed E-state index contributed by atoms with van der Waals surface area (Å²) in [5, 5.41) is 4.78. The summed E-state index contributed by atoms with van der Waals surface area (Å²) < 4.78 is 0. The second-order valence-electron chi connectivity index (χ2n) is 5.24. The van der Waals surface area contributed by atoms with Crippen molar-refractivity contribution in [2.24, 2.45) is 5.73 Å². The number of nitrogens with one attached hydrogen (secondary N) is 1. The molecular weight excluding hydrogens is 282 g/mol. The third-order valence-electron chi connectivity index (χ3n) is 3.28. The summed E-state index contributed by atoms with van der Waals surface area (Å²) in [6.07, 6.45) is 2.08. The Morgan fingerprint density at radius 1 is 1.48 bits per heavy atom. The molecule has 4 nitrogen and oxygen atoms in total. The Morgan fingerprint density at radius 3 is 2.90 bits per heavy atom. The number of nitrogens with zero attached hydrogens (tertiary/aromatic N) is 1. The van der Waals surface area contributed by atoms with Crippen LogP contribution in [0.25, 0.3) is 0 Å². The summed E-state index contributed by atoms with van der Waals surface area (Å²) in [4.78, 5) is 15.1. The van der Waals surface area contributed by atoms with Gasteiger partial charge in [0, 0.05) is 18.0 Å². The van der Waals surface area contributed by atoms with Gasteiger partial charge in [0.05, 0.1) is 17.0 Å². The Labute approximate surface area is 131 Å². The Bertz CT molecular complexity index is 499. The van der Waals surface area contributed by atoms with Crippen molar-refractivity contribution in [2.75, 3.05) is 26.7 Å². The van der Waals surface area contributed by atoms with Crippen LogP contribution in [0.1, 0.15) is 41.9 Å². The molecule has 1 heterocycles. The molecule has 0 fully saturated rings. The fraction of sp³-hybridized carbons (Fsp3) is 0.562. The minimum atomic E-state index is -0.0238. The van der Waals surface area contributed by atoms with E-state index >= 15 is 0 Å². The van der Waals surface area contributed by atoms with Crippen LogP contribution in [0, 0.1) is 11.8 Å². The molecule has 1 aromatic rings. The molecule has 0 aromatic carbocycles. The number of thiophene rings is 1. The number of amides is 1. The maximum Gasteiger partial charge on any atom is 0.252 e. The van der Waals surface area contributed by atoms with E-state index in [1.807, 2.05) is 11.4 Å². The molecule has 0 radical (unpaired) electrons. The monoisotopic (exact) mass is 307 g/mol. The SMILES string of the molecule is CC(C)N(C)CCCCNC(=O)c1csc(C#CCN)c1. The van der Waals surface area contributed by atoms with E-state index in [9.17, 15) is 4.79 Å². The predicted octanol–water partition coefficient (Wildman–Crippen LogP) is 1.91. The van der Waals surface area contributed by atoms with Crippen molar-refractivity contribution in [1.29, 1.82) is 0 Å². The third kappa shape index (κ3) is 6.76.